The summed E-state index contributed by atoms with van der Waals surface area (Å²) in [7, 11) is 1.82. The van der Waals surface area contributed by atoms with E-state index in [9.17, 15) is 55.2 Å². The number of amides is 3. The Morgan fingerprint density at radius 3 is 1.58 bits per heavy atom. The summed E-state index contributed by atoms with van der Waals surface area (Å²) in [5, 5.41) is 107. The quantitative estimate of drug-likeness (QED) is 0.0390. The first-order valence-corrected chi connectivity index (χ1v) is 16.8. The number of carbonyl (C=O) groups is 3. The second-order valence-corrected chi connectivity index (χ2v) is 14.9. The largest absolute Gasteiger partial charge is 0.394 e. The Labute approximate surface area is 295 Å². The maximum Gasteiger partial charge on any atom is 0.242 e. The van der Waals surface area contributed by atoms with Crippen molar-refractivity contribution in [2.24, 2.45) is 0 Å². The van der Waals surface area contributed by atoms with Crippen LogP contribution in [0.25, 0.3) is 0 Å². The van der Waals surface area contributed by atoms with Gasteiger partial charge >= 0.3 is 0 Å². The van der Waals surface area contributed by atoms with Gasteiger partial charge in [-0.3, -0.25) is 14.4 Å². The Morgan fingerprint density at radius 1 is 0.660 bits per heavy atom. The van der Waals surface area contributed by atoms with E-state index in [-0.39, 0.29) is 36.8 Å². The summed E-state index contributed by atoms with van der Waals surface area (Å²) < 4.78 is 6.05. The van der Waals surface area contributed by atoms with Crippen LogP contribution in [0, 0.1) is 0 Å². The Morgan fingerprint density at radius 2 is 1.12 bits per heavy atom. The molecule has 0 aromatic carbocycles. The van der Waals surface area contributed by atoms with Crippen molar-refractivity contribution < 1.29 is 70.2 Å². The highest BCUT2D eigenvalue weighted by molar-refractivity contribution is 6.14. The van der Waals surface area contributed by atoms with Crippen LogP contribution >= 0.6 is 0 Å². The van der Waals surface area contributed by atoms with E-state index >= 15 is 0 Å². The lowest BCUT2D eigenvalue weighted by atomic mass is 9.79. The van der Waals surface area contributed by atoms with Gasteiger partial charge in [0.1, 0.15) is 50.5 Å². The topological polar surface area (TPSA) is 311 Å². The van der Waals surface area contributed by atoms with Crippen molar-refractivity contribution in [3.63, 3.8) is 0 Å². The maximum absolute atomic E-state index is 13.1. The van der Waals surface area contributed by atoms with E-state index in [1.165, 1.54) is 0 Å². The standard InChI is InChI=1S/C31H63BN4O14/c1-29(2,3)36-30(4,5)11-12-50-31(6,32)10-9-23(44)35-17(28(49)34-14-19(40)25(46)27(48)21(42)16-38)7-8-22(43)33-13-18(39)24(45)26(47)20(41)15-37/h17-21,24-27,36-42,45-48H,7-16,32H2,1-6H3,(H,33,43)(H,34,49)(H,35,44)/t17?,18-,19-,20+,21+,24+,25+,26+,27+,31?/m0/s1. The first kappa shape index (κ1) is 48.0. The van der Waals surface area contributed by atoms with Crippen LogP contribution < -0.4 is 21.3 Å². The van der Waals surface area contributed by atoms with E-state index in [0.29, 0.717) is 13.0 Å². The summed E-state index contributed by atoms with van der Waals surface area (Å²) in [4.78, 5) is 38.5. The van der Waals surface area contributed by atoms with E-state index in [2.05, 4.69) is 55.9 Å². The fourth-order valence-electron chi connectivity index (χ4n) is 4.96. The van der Waals surface area contributed by atoms with Crippen LogP contribution in [-0.2, 0) is 19.1 Å². The van der Waals surface area contributed by atoms with Gasteiger partial charge in [-0.15, -0.1) is 0 Å². The lowest BCUT2D eigenvalue weighted by molar-refractivity contribution is -0.132. The average Bonchev–Trinajstić information content (AvgIpc) is 3.02. The molecule has 50 heavy (non-hydrogen) atoms. The fourth-order valence-corrected chi connectivity index (χ4v) is 4.96. The summed E-state index contributed by atoms with van der Waals surface area (Å²) in [5.74, 6) is -2.15. The van der Waals surface area contributed by atoms with Crippen LogP contribution in [0.3, 0.4) is 0 Å². The molecule has 0 radical (unpaired) electrons. The van der Waals surface area contributed by atoms with Crippen molar-refractivity contribution in [1.82, 2.24) is 21.3 Å². The number of hydrogen-bond donors (Lipinski definition) is 14. The molecule has 19 heteroatoms. The molecule has 0 spiro atoms. The molecule has 0 bridgehead atoms. The molecule has 14 N–H and O–H groups in total. The van der Waals surface area contributed by atoms with Crippen molar-refractivity contribution >= 4 is 25.6 Å². The molecule has 0 saturated carbocycles. The number of aliphatic hydroxyl groups is 10. The van der Waals surface area contributed by atoms with Crippen LogP contribution in [-0.4, -0.2) is 181 Å². The zero-order valence-electron chi connectivity index (χ0n) is 30.4. The van der Waals surface area contributed by atoms with Crippen LogP contribution in [0.4, 0.5) is 0 Å². The third-order valence-corrected chi connectivity index (χ3v) is 7.84. The fraction of sp³-hybridized carbons (Fsp3) is 0.903. The molecule has 0 fully saturated rings. The van der Waals surface area contributed by atoms with E-state index in [1.54, 1.807) is 0 Å². The molecule has 0 aliphatic rings. The van der Waals surface area contributed by atoms with Crippen molar-refractivity contribution in [3.8, 4) is 0 Å². The van der Waals surface area contributed by atoms with E-state index < -0.39 is 104 Å². The Kier molecular flexibility index (Phi) is 21.3. The van der Waals surface area contributed by atoms with Gasteiger partial charge in [-0.2, -0.15) is 0 Å². The second-order valence-electron chi connectivity index (χ2n) is 14.9. The van der Waals surface area contributed by atoms with Gasteiger partial charge in [-0.05, 0) is 60.8 Å². The van der Waals surface area contributed by atoms with Gasteiger partial charge in [0.05, 0.1) is 25.4 Å². The van der Waals surface area contributed by atoms with Gasteiger partial charge in [0.25, 0.3) is 0 Å². The second kappa shape index (κ2) is 22.2. The minimum Gasteiger partial charge on any atom is -0.394 e. The van der Waals surface area contributed by atoms with Gasteiger partial charge in [0.15, 0.2) is 0 Å². The summed E-state index contributed by atoms with van der Waals surface area (Å²) >= 11 is 0. The molecule has 18 nitrogen and oxygen atoms in total. The molecular weight excluding hydrogens is 663 g/mol. The molecule has 3 amide bonds. The Hall–Kier alpha value is -2.01. The van der Waals surface area contributed by atoms with E-state index in [0.717, 1.165) is 0 Å². The molecule has 0 aliphatic carbocycles. The molecule has 0 rings (SSSR count). The molecule has 0 heterocycles. The Bertz CT molecular complexity index is 1020. The van der Waals surface area contributed by atoms with Gasteiger partial charge in [0, 0.05) is 49.1 Å². The smallest absolute Gasteiger partial charge is 0.242 e. The number of carbonyl (C=O) groups excluding carboxylic acids is 3. The normalized spacial score (nSPS) is 19.1. The lowest BCUT2D eigenvalue weighted by Crippen LogP contribution is -2.53. The minimum atomic E-state index is -1.95. The van der Waals surface area contributed by atoms with Crippen LogP contribution in [0.5, 0.6) is 0 Å². The highest BCUT2D eigenvalue weighted by Crippen LogP contribution is 2.19. The summed E-state index contributed by atoms with van der Waals surface area (Å²) in [5.41, 5.74) is -1.01. The zero-order valence-corrected chi connectivity index (χ0v) is 30.4. The van der Waals surface area contributed by atoms with E-state index in [4.69, 9.17) is 14.9 Å². The van der Waals surface area contributed by atoms with Gasteiger partial charge in [-0.25, -0.2) is 0 Å². The first-order chi connectivity index (χ1) is 22.9. The summed E-state index contributed by atoms with van der Waals surface area (Å²) in [6.07, 6.45) is -14.5. The van der Waals surface area contributed by atoms with Crippen molar-refractivity contribution in [1.29, 1.82) is 0 Å². The molecule has 10 atom stereocenters. The lowest BCUT2D eigenvalue weighted by Gasteiger charge is -2.36. The molecule has 0 aliphatic heterocycles. The van der Waals surface area contributed by atoms with Gasteiger partial charge in [-0.1, -0.05) is 0 Å². The van der Waals surface area contributed by atoms with Crippen molar-refractivity contribution in [3.05, 3.63) is 0 Å². The summed E-state index contributed by atoms with van der Waals surface area (Å²) in [6, 6.07) is -1.34. The monoisotopic (exact) mass is 726 g/mol. The highest BCUT2D eigenvalue weighted by Gasteiger charge is 2.33. The summed E-state index contributed by atoms with van der Waals surface area (Å²) in [6.45, 7) is 9.57. The predicted octanol–water partition coefficient (Wildman–Crippen LogP) is -5.94. The molecule has 0 aromatic rings. The SMILES string of the molecule is BC(C)(CCC(=O)NC(CCC(=O)NC[C@H](O)[C@@H](O)[C@H](O)[C@H](O)CO)C(=O)NC[C@H](O)[C@@H](O)[C@H](O)[C@H](O)CO)OCCC(C)(C)NC(C)(C)C. The third-order valence-electron chi connectivity index (χ3n) is 7.84. The first-order valence-electron chi connectivity index (χ1n) is 16.8. The number of ether oxygens (including phenoxy) is 1. The van der Waals surface area contributed by atoms with Gasteiger partial charge in [0.2, 0.25) is 17.7 Å². The predicted molar refractivity (Wildman–Crippen MR) is 183 cm³/mol. The van der Waals surface area contributed by atoms with E-state index in [1.807, 2.05) is 14.8 Å². The average molecular weight is 727 g/mol. The number of hydrogen-bond acceptors (Lipinski definition) is 15. The van der Waals surface area contributed by atoms with Crippen molar-refractivity contribution in [2.45, 2.75) is 145 Å². The number of rotatable bonds is 25. The van der Waals surface area contributed by atoms with Crippen LogP contribution in [0.2, 0.25) is 0 Å². The molecule has 2 unspecified atom stereocenters. The molecular formula is C31H63BN4O14. The Balaban J connectivity index is 5.39. The zero-order chi connectivity index (χ0) is 39.0. The number of nitrogens with one attached hydrogen (secondary N) is 4. The highest BCUT2D eigenvalue weighted by atomic mass is 16.5. The third kappa shape index (κ3) is 19.6. The van der Waals surface area contributed by atoms with Gasteiger partial charge < -0.3 is 77.1 Å². The minimum absolute atomic E-state index is 0.0642. The molecule has 0 saturated heterocycles. The molecule has 294 valence electrons. The molecule has 0 aromatic heterocycles. The van der Waals surface area contributed by atoms with Crippen molar-refractivity contribution in [2.75, 3.05) is 32.9 Å². The maximum atomic E-state index is 13.1. The van der Waals surface area contributed by atoms with Crippen LogP contribution in [0.15, 0.2) is 0 Å². The van der Waals surface area contributed by atoms with Crippen LogP contribution in [0.1, 0.15) is 73.6 Å². The number of aliphatic hydroxyl groups excluding tert-OH is 10.